The Balaban J connectivity index is 1.54. The van der Waals surface area contributed by atoms with Crippen LogP contribution in [0.25, 0.3) is 0 Å². The van der Waals surface area contributed by atoms with E-state index in [1.165, 1.54) is 49.6 Å². The Morgan fingerprint density at radius 1 is 0.968 bits per heavy atom. The quantitative estimate of drug-likeness (QED) is 0.507. The first-order valence-corrected chi connectivity index (χ1v) is 9.38. The largest absolute Gasteiger partial charge is 0.465 e. The average Bonchev–Trinajstić information content (AvgIpc) is 3.07. The molecule has 154 valence electrons. The van der Waals surface area contributed by atoms with Crippen molar-refractivity contribution in [3.8, 4) is 0 Å². The molecule has 0 aliphatic carbocycles. The van der Waals surface area contributed by atoms with Crippen LogP contribution in [0.1, 0.15) is 47.0 Å². The molecule has 4 rings (SSSR count). The molecule has 0 spiro atoms. The predicted octanol–water partition coefficient (Wildman–Crippen LogP) is 2.60. The zero-order valence-electron chi connectivity index (χ0n) is 16.5. The van der Waals surface area contributed by atoms with Crippen molar-refractivity contribution in [1.29, 1.82) is 0 Å². The van der Waals surface area contributed by atoms with Crippen molar-refractivity contribution in [2.45, 2.75) is 6.54 Å². The minimum Gasteiger partial charge on any atom is -0.465 e. The van der Waals surface area contributed by atoms with Gasteiger partial charge in [0, 0.05) is 24.5 Å². The number of benzene rings is 2. The molecule has 1 aliphatic rings. The number of hydrogen-bond donors (Lipinski definition) is 1. The smallest absolute Gasteiger partial charge is 0.337 e. The molecular formula is C23H17N3O5. The molecule has 0 radical (unpaired) electrons. The fraction of sp³-hybridized carbons (Fsp3) is 0.0870. The Kier molecular flexibility index (Phi) is 5.28. The highest BCUT2D eigenvalue weighted by Crippen LogP contribution is 2.29. The number of esters is 1. The van der Waals surface area contributed by atoms with E-state index in [2.05, 4.69) is 15.0 Å². The Bertz CT molecular complexity index is 1190. The van der Waals surface area contributed by atoms with Crippen LogP contribution in [-0.4, -0.2) is 35.8 Å². The van der Waals surface area contributed by atoms with Gasteiger partial charge in [0.2, 0.25) is 0 Å². The second-order valence-electron chi connectivity index (χ2n) is 6.79. The lowest BCUT2D eigenvalue weighted by Gasteiger charge is -2.14. The molecule has 1 N–H and O–H groups in total. The molecule has 8 heteroatoms. The van der Waals surface area contributed by atoms with Gasteiger partial charge in [-0.1, -0.05) is 6.07 Å². The average molecular weight is 415 g/mol. The van der Waals surface area contributed by atoms with Gasteiger partial charge in [-0.3, -0.25) is 19.4 Å². The van der Waals surface area contributed by atoms with Crippen LogP contribution in [0.3, 0.4) is 0 Å². The van der Waals surface area contributed by atoms with E-state index in [9.17, 15) is 19.2 Å². The highest BCUT2D eigenvalue weighted by Gasteiger charge is 2.37. The lowest BCUT2D eigenvalue weighted by Crippen LogP contribution is -2.29. The van der Waals surface area contributed by atoms with Crippen LogP contribution in [0.5, 0.6) is 0 Å². The number of pyridine rings is 1. The number of imide groups is 1. The number of methoxy groups -OCH3 is 1. The molecule has 8 nitrogen and oxygen atoms in total. The molecule has 0 bridgehead atoms. The van der Waals surface area contributed by atoms with Gasteiger partial charge < -0.3 is 10.1 Å². The number of anilines is 1. The number of amides is 3. The number of rotatable bonds is 5. The Morgan fingerprint density at radius 3 is 2.35 bits per heavy atom. The molecule has 0 atom stereocenters. The van der Waals surface area contributed by atoms with Gasteiger partial charge in [0.05, 0.1) is 29.5 Å². The van der Waals surface area contributed by atoms with E-state index in [0.29, 0.717) is 11.3 Å². The first-order valence-electron chi connectivity index (χ1n) is 9.38. The predicted molar refractivity (Wildman–Crippen MR) is 111 cm³/mol. The second-order valence-corrected chi connectivity index (χ2v) is 6.79. The molecule has 0 fully saturated rings. The van der Waals surface area contributed by atoms with E-state index in [1.54, 1.807) is 18.5 Å². The number of fused-ring (bicyclic) bond motifs is 1. The van der Waals surface area contributed by atoms with Crippen molar-refractivity contribution in [3.05, 3.63) is 94.8 Å². The third-order valence-electron chi connectivity index (χ3n) is 4.87. The summed E-state index contributed by atoms with van der Waals surface area (Å²) in [5, 5.41) is 2.77. The van der Waals surface area contributed by atoms with Crippen LogP contribution >= 0.6 is 0 Å². The number of nitrogens with one attached hydrogen (secondary N) is 1. The summed E-state index contributed by atoms with van der Waals surface area (Å²) in [5.41, 5.74) is 2.09. The highest BCUT2D eigenvalue weighted by atomic mass is 16.5. The van der Waals surface area contributed by atoms with Crippen LogP contribution in [0.2, 0.25) is 0 Å². The minimum atomic E-state index is -0.535. The standard InChI is InChI=1S/C23H17N3O5/c1-31-23(30)15-4-7-17(8-5-15)26-21(28)18-9-6-16(11-19(18)22(26)29)20(27)25-13-14-3-2-10-24-12-14/h2-12H,13H2,1H3,(H,25,27). The molecule has 0 saturated heterocycles. The fourth-order valence-electron chi connectivity index (χ4n) is 3.27. The lowest BCUT2D eigenvalue weighted by molar-refractivity contribution is 0.0600. The molecule has 3 aromatic rings. The van der Waals surface area contributed by atoms with Crippen LogP contribution in [0.4, 0.5) is 5.69 Å². The Morgan fingerprint density at radius 2 is 1.68 bits per heavy atom. The summed E-state index contributed by atoms with van der Waals surface area (Å²) in [6.45, 7) is 0.287. The highest BCUT2D eigenvalue weighted by molar-refractivity contribution is 6.34. The molecule has 3 amide bonds. The van der Waals surface area contributed by atoms with Crippen LogP contribution in [-0.2, 0) is 11.3 Å². The van der Waals surface area contributed by atoms with E-state index in [0.717, 1.165) is 10.5 Å². The summed E-state index contributed by atoms with van der Waals surface area (Å²) in [4.78, 5) is 54.8. The maximum absolute atomic E-state index is 12.9. The monoisotopic (exact) mass is 415 g/mol. The van der Waals surface area contributed by atoms with Gasteiger partial charge in [-0.2, -0.15) is 0 Å². The first kappa shape index (κ1) is 20.0. The van der Waals surface area contributed by atoms with E-state index >= 15 is 0 Å². The van der Waals surface area contributed by atoms with Gasteiger partial charge in [0.1, 0.15) is 0 Å². The third kappa shape index (κ3) is 3.78. The number of aromatic nitrogens is 1. The lowest BCUT2D eigenvalue weighted by atomic mass is 10.1. The van der Waals surface area contributed by atoms with Gasteiger partial charge >= 0.3 is 5.97 Å². The van der Waals surface area contributed by atoms with Crippen molar-refractivity contribution in [1.82, 2.24) is 10.3 Å². The molecule has 31 heavy (non-hydrogen) atoms. The van der Waals surface area contributed by atoms with Gasteiger partial charge in [-0.25, -0.2) is 9.69 Å². The zero-order chi connectivity index (χ0) is 22.0. The second kappa shape index (κ2) is 8.19. The molecule has 2 aromatic carbocycles. The number of hydrogen-bond acceptors (Lipinski definition) is 6. The van der Waals surface area contributed by atoms with Crippen molar-refractivity contribution >= 4 is 29.4 Å². The first-order chi connectivity index (χ1) is 15.0. The molecular weight excluding hydrogens is 398 g/mol. The summed E-state index contributed by atoms with van der Waals surface area (Å²) >= 11 is 0. The minimum absolute atomic E-state index is 0.149. The molecule has 1 aromatic heterocycles. The van der Waals surface area contributed by atoms with Crippen LogP contribution in [0, 0.1) is 0 Å². The third-order valence-corrected chi connectivity index (χ3v) is 4.87. The van der Waals surface area contributed by atoms with Crippen molar-refractivity contribution in [2.75, 3.05) is 12.0 Å². The normalized spacial score (nSPS) is 12.5. The summed E-state index contributed by atoms with van der Waals surface area (Å²) < 4.78 is 4.65. The SMILES string of the molecule is COC(=O)c1ccc(N2C(=O)c3ccc(C(=O)NCc4cccnc4)cc3C2=O)cc1. The van der Waals surface area contributed by atoms with Crippen molar-refractivity contribution < 1.29 is 23.9 Å². The molecule has 1 aliphatic heterocycles. The topological polar surface area (TPSA) is 106 Å². The van der Waals surface area contributed by atoms with E-state index in [4.69, 9.17) is 0 Å². The molecule has 2 heterocycles. The fourth-order valence-corrected chi connectivity index (χ4v) is 3.27. The molecule has 0 saturated carbocycles. The zero-order valence-corrected chi connectivity index (χ0v) is 16.5. The van der Waals surface area contributed by atoms with Crippen molar-refractivity contribution in [2.24, 2.45) is 0 Å². The summed E-state index contributed by atoms with van der Waals surface area (Å²) in [5.74, 6) is -1.91. The Hall–Kier alpha value is -4.33. The number of nitrogens with zero attached hydrogens (tertiary/aromatic N) is 2. The maximum Gasteiger partial charge on any atom is 0.337 e. The van der Waals surface area contributed by atoms with E-state index in [-0.39, 0.29) is 29.1 Å². The van der Waals surface area contributed by atoms with Crippen LogP contribution in [0.15, 0.2) is 67.0 Å². The molecule has 0 unspecified atom stereocenters. The summed E-state index contributed by atoms with van der Waals surface area (Å²) in [6, 6.07) is 13.9. The van der Waals surface area contributed by atoms with Gasteiger partial charge in [0.25, 0.3) is 17.7 Å². The van der Waals surface area contributed by atoms with Crippen molar-refractivity contribution in [3.63, 3.8) is 0 Å². The summed E-state index contributed by atoms with van der Waals surface area (Å²) in [6.07, 6.45) is 3.29. The van der Waals surface area contributed by atoms with Crippen LogP contribution < -0.4 is 10.2 Å². The number of carbonyl (C=O) groups is 4. The number of ether oxygens (including phenoxy) is 1. The van der Waals surface area contributed by atoms with Gasteiger partial charge in [-0.05, 0) is 54.1 Å². The van der Waals surface area contributed by atoms with E-state index < -0.39 is 17.8 Å². The summed E-state index contributed by atoms with van der Waals surface area (Å²) in [7, 11) is 1.27. The maximum atomic E-state index is 12.9. The Labute approximate surface area is 177 Å². The van der Waals surface area contributed by atoms with Gasteiger partial charge in [0.15, 0.2) is 0 Å². The number of carbonyl (C=O) groups excluding carboxylic acids is 4. The van der Waals surface area contributed by atoms with E-state index in [1.807, 2.05) is 6.07 Å². The van der Waals surface area contributed by atoms with Gasteiger partial charge in [-0.15, -0.1) is 0 Å².